The highest BCUT2D eigenvalue weighted by Gasteiger charge is 2.42. The molecule has 0 radical (unpaired) electrons. The average Bonchev–Trinajstić information content (AvgIpc) is 2.71. The highest BCUT2D eigenvalue weighted by atomic mass is 16.6. The first-order valence-corrected chi connectivity index (χ1v) is 10.1. The average molecular weight is 402 g/mol. The van der Waals surface area contributed by atoms with Gasteiger partial charge < -0.3 is 9.47 Å². The number of rotatable bonds is 3. The van der Waals surface area contributed by atoms with Crippen LogP contribution in [-0.4, -0.2) is 19.0 Å². The van der Waals surface area contributed by atoms with E-state index in [2.05, 4.69) is 18.2 Å². The molecule has 0 heterocycles. The molecule has 1 aliphatic carbocycles. The molecule has 0 amide bonds. The molecule has 3 aromatic rings. The lowest BCUT2D eigenvalue weighted by Gasteiger charge is -2.39. The quantitative estimate of drug-likeness (QED) is 0.551. The summed E-state index contributed by atoms with van der Waals surface area (Å²) in [5.41, 5.74) is 3.16. The van der Waals surface area contributed by atoms with Gasteiger partial charge in [-0.1, -0.05) is 54.6 Å². The van der Waals surface area contributed by atoms with Crippen LogP contribution in [0, 0.1) is 5.41 Å². The van der Waals surface area contributed by atoms with Crippen LogP contribution in [0.15, 0.2) is 54.6 Å². The summed E-state index contributed by atoms with van der Waals surface area (Å²) in [6.07, 6.45) is 0.166. The Balaban J connectivity index is 1.99. The summed E-state index contributed by atoms with van der Waals surface area (Å²) in [6.45, 7) is 7.50. The van der Waals surface area contributed by atoms with Crippen molar-refractivity contribution >= 4 is 22.7 Å². The molecule has 4 nitrogen and oxygen atoms in total. The Morgan fingerprint density at radius 2 is 1.63 bits per heavy atom. The number of carbonyl (C=O) groups excluding carboxylic acids is 2. The van der Waals surface area contributed by atoms with E-state index in [-0.39, 0.29) is 18.4 Å². The molecule has 0 saturated carbocycles. The van der Waals surface area contributed by atoms with Crippen LogP contribution in [0.2, 0.25) is 0 Å². The Labute approximate surface area is 176 Å². The number of benzene rings is 3. The van der Waals surface area contributed by atoms with E-state index in [1.54, 1.807) is 0 Å². The smallest absolute Gasteiger partial charge is 0.312 e. The standard InChI is InChI=1S/C26H26O4/c1-25(2,3)24(28)30-26(4)20-11-7-9-17-8-6-10-19(23(17)20)18-13-12-16(14-21(18)26)15-22(27)29-5/h6-14H,15H2,1-5H3. The minimum Gasteiger partial charge on any atom is -0.469 e. The van der Waals surface area contributed by atoms with Crippen molar-refractivity contribution in [3.05, 3.63) is 71.3 Å². The number of fused-ring (bicyclic) bond motifs is 2. The van der Waals surface area contributed by atoms with Crippen molar-refractivity contribution in [3.8, 4) is 11.1 Å². The molecule has 0 fully saturated rings. The van der Waals surface area contributed by atoms with E-state index in [4.69, 9.17) is 9.47 Å². The molecule has 0 saturated heterocycles. The van der Waals surface area contributed by atoms with Crippen molar-refractivity contribution in [2.75, 3.05) is 7.11 Å². The van der Waals surface area contributed by atoms with Gasteiger partial charge in [0.25, 0.3) is 0 Å². The van der Waals surface area contributed by atoms with Gasteiger partial charge >= 0.3 is 11.9 Å². The fraction of sp³-hybridized carbons (Fsp3) is 0.308. The number of hydrogen-bond donors (Lipinski definition) is 0. The van der Waals surface area contributed by atoms with Crippen LogP contribution < -0.4 is 0 Å². The molecule has 0 bridgehead atoms. The highest BCUT2D eigenvalue weighted by molar-refractivity contribution is 6.03. The van der Waals surface area contributed by atoms with Crippen LogP contribution in [0.25, 0.3) is 21.9 Å². The van der Waals surface area contributed by atoms with Crippen LogP contribution in [0.1, 0.15) is 44.4 Å². The predicted molar refractivity (Wildman–Crippen MR) is 117 cm³/mol. The van der Waals surface area contributed by atoms with Crippen molar-refractivity contribution in [2.45, 2.75) is 39.7 Å². The molecule has 1 aliphatic rings. The van der Waals surface area contributed by atoms with Gasteiger partial charge in [-0.25, -0.2) is 0 Å². The van der Waals surface area contributed by atoms with Crippen LogP contribution in [0.5, 0.6) is 0 Å². The molecule has 154 valence electrons. The van der Waals surface area contributed by atoms with E-state index >= 15 is 0 Å². The van der Waals surface area contributed by atoms with Crippen LogP contribution in [0.4, 0.5) is 0 Å². The fourth-order valence-corrected chi connectivity index (χ4v) is 4.13. The molecule has 30 heavy (non-hydrogen) atoms. The van der Waals surface area contributed by atoms with Crippen LogP contribution in [0.3, 0.4) is 0 Å². The topological polar surface area (TPSA) is 52.6 Å². The molecule has 0 aliphatic heterocycles. The van der Waals surface area contributed by atoms with Gasteiger partial charge in [-0.2, -0.15) is 0 Å². The van der Waals surface area contributed by atoms with Crippen molar-refractivity contribution in [1.82, 2.24) is 0 Å². The van der Waals surface area contributed by atoms with E-state index in [1.807, 2.05) is 64.1 Å². The fourth-order valence-electron chi connectivity index (χ4n) is 4.13. The number of esters is 2. The maximum absolute atomic E-state index is 13.0. The van der Waals surface area contributed by atoms with E-state index in [9.17, 15) is 9.59 Å². The normalized spacial score (nSPS) is 17.4. The first-order valence-electron chi connectivity index (χ1n) is 10.1. The third-order valence-electron chi connectivity index (χ3n) is 5.79. The molecule has 3 aromatic carbocycles. The number of ether oxygens (including phenoxy) is 2. The summed E-state index contributed by atoms with van der Waals surface area (Å²) in [4.78, 5) is 24.9. The van der Waals surface area contributed by atoms with Crippen molar-refractivity contribution in [3.63, 3.8) is 0 Å². The Hall–Kier alpha value is -3.14. The SMILES string of the molecule is COC(=O)Cc1ccc2c(c1)C(C)(OC(=O)C(C)(C)C)c1cccc3cccc-2c13. The number of methoxy groups -OCH3 is 1. The molecule has 1 atom stereocenters. The van der Waals surface area contributed by atoms with Crippen molar-refractivity contribution < 1.29 is 19.1 Å². The maximum Gasteiger partial charge on any atom is 0.312 e. The molecule has 0 N–H and O–H groups in total. The van der Waals surface area contributed by atoms with Crippen molar-refractivity contribution in [2.24, 2.45) is 5.41 Å². The molecule has 4 heteroatoms. The van der Waals surface area contributed by atoms with E-state index in [0.717, 1.165) is 38.6 Å². The monoisotopic (exact) mass is 402 g/mol. The van der Waals surface area contributed by atoms with Gasteiger partial charge in [0.05, 0.1) is 18.9 Å². The first kappa shape index (κ1) is 20.1. The van der Waals surface area contributed by atoms with Gasteiger partial charge in [0.1, 0.15) is 0 Å². The van der Waals surface area contributed by atoms with Crippen molar-refractivity contribution in [1.29, 1.82) is 0 Å². The van der Waals surface area contributed by atoms with Gasteiger partial charge in [0, 0.05) is 11.1 Å². The molecule has 1 unspecified atom stereocenters. The highest BCUT2D eigenvalue weighted by Crippen LogP contribution is 2.50. The molecule has 0 spiro atoms. The number of carbonyl (C=O) groups is 2. The second-order valence-electron chi connectivity index (χ2n) is 9.01. The zero-order chi connectivity index (χ0) is 21.7. The molecule has 0 aromatic heterocycles. The summed E-state index contributed by atoms with van der Waals surface area (Å²) >= 11 is 0. The van der Waals surface area contributed by atoms with E-state index in [0.29, 0.717) is 0 Å². The Morgan fingerprint density at radius 1 is 0.933 bits per heavy atom. The lowest BCUT2D eigenvalue weighted by Crippen LogP contribution is -2.37. The Morgan fingerprint density at radius 3 is 2.30 bits per heavy atom. The summed E-state index contributed by atoms with van der Waals surface area (Å²) < 4.78 is 11.1. The largest absolute Gasteiger partial charge is 0.469 e. The zero-order valence-corrected chi connectivity index (χ0v) is 18.0. The third-order valence-corrected chi connectivity index (χ3v) is 5.79. The molecule has 4 rings (SSSR count). The van der Waals surface area contributed by atoms with Gasteiger partial charge in [0.15, 0.2) is 5.60 Å². The lowest BCUT2D eigenvalue weighted by molar-refractivity contribution is -0.165. The molecular formula is C26H26O4. The van der Waals surface area contributed by atoms with Crippen LogP contribution >= 0.6 is 0 Å². The molecular weight excluding hydrogens is 376 g/mol. The number of hydrogen-bond acceptors (Lipinski definition) is 4. The Bertz CT molecular complexity index is 1160. The van der Waals surface area contributed by atoms with E-state index in [1.165, 1.54) is 7.11 Å². The second-order valence-corrected chi connectivity index (χ2v) is 9.01. The first-order chi connectivity index (χ1) is 14.1. The summed E-state index contributed by atoms with van der Waals surface area (Å²) in [7, 11) is 1.38. The lowest BCUT2D eigenvalue weighted by atomic mass is 9.74. The second kappa shape index (κ2) is 6.98. The van der Waals surface area contributed by atoms with Gasteiger partial charge in [-0.15, -0.1) is 0 Å². The minimum absolute atomic E-state index is 0.166. The Kier molecular flexibility index (Phi) is 4.69. The zero-order valence-electron chi connectivity index (χ0n) is 18.0. The maximum atomic E-state index is 13.0. The van der Waals surface area contributed by atoms with Gasteiger partial charge in [0.2, 0.25) is 0 Å². The summed E-state index contributed by atoms with van der Waals surface area (Å²) in [5, 5.41) is 2.20. The van der Waals surface area contributed by atoms with E-state index < -0.39 is 11.0 Å². The van der Waals surface area contributed by atoms with Crippen LogP contribution in [-0.2, 0) is 31.1 Å². The minimum atomic E-state index is -0.973. The summed E-state index contributed by atoms with van der Waals surface area (Å²) in [5.74, 6) is -0.577. The summed E-state index contributed by atoms with van der Waals surface area (Å²) in [6, 6.07) is 18.2. The predicted octanol–water partition coefficient (Wildman–Crippen LogP) is 5.39. The van der Waals surface area contributed by atoms with Gasteiger partial charge in [-0.05, 0) is 55.2 Å². The third kappa shape index (κ3) is 3.17. The van der Waals surface area contributed by atoms with Gasteiger partial charge in [-0.3, -0.25) is 9.59 Å².